The summed E-state index contributed by atoms with van der Waals surface area (Å²) < 4.78 is 5.38. The molecule has 3 amide bonds. The van der Waals surface area contributed by atoms with Crippen LogP contribution in [0.2, 0.25) is 0 Å². The monoisotopic (exact) mass is 365 g/mol. The van der Waals surface area contributed by atoms with Crippen LogP contribution in [-0.4, -0.2) is 85.4 Å². The number of carbonyl (C=O) groups excluding carboxylic acids is 3. The molecular formula is C19H31N3O4. The first-order valence-electron chi connectivity index (χ1n) is 9.71. The molecule has 0 aromatic heterocycles. The highest BCUT2D eigenvalue weighted by molar-refractivity contribution is 5.82. The van der Waals surface area contributed by atoms with Crippen molar-refractivity contribution in [1.82, 2.24) is 14.7 Å². The van der Waals surface area contributed by atoms with Crippen molar-refractivity contribution >= 4 is 17.7 Å². The van der Waals surface area contributed by atoms with Crippen molar-refractivity contribution in [2.45, 2.75) is 33.1 Å². The fourth-order valence-electron chi connectivity index (χ4n) is 4.52. The molecular weight excluding hydrogens is 334 g/mol. The molecule has 1 unspecified atom stereocenters. The van der Waals surface area contributed by atoms with Gasteiger partial charge in [0.15, 0.2) is 0 Å². The summed E-state index contributed by atoms with van der Waals surface area (Å²) in [5.74, 6) is 0.283. The van der Waals surface area contributed by atoms with Crippen LogP contribution in [-0.2, 0) is 19.1 Å². The molecule has 0 aliphatic carbocycles. The van der Waals surface area contributed by atoms with Crippen LogP contribution in [0.25, 0.3) is 0 Å². The summed E-state index contributed by atoms with van der Waals surface area (Å²) in [5.41, 5.74) is -0.353. The molecule has 3 fully saturated rings. The van der Waals surface area contributed by atoms with Crippen molar-refractivity contribution in [3.63, 3.8) is 0 Å². The predicted molar refractivity (Wildman–Crippen MR) is 96.2 cm³/mol. The van der Waals surface area contributed by atoms with Crippen LogP contribution in [0.3, 0.4) is 0 Å². The van der Waals surface area contributed by atoms with E-state index in [0.717, 1.165) is 12.8 Å². The van der Waals surface area contributed by atoms with E-state index >= 15 is 0 Å². The molecule has 146 valence electrons. The number of nitrogens with zero attached hydrogens (tertiary/aromatic N) is 3. The minimum Gasteiger partial charge on any atom is -0.381 e. The van der Waals surface area contributed by atoms with Gasteiger partial charge >= 0.3 is 0 Å². The highest BCUT2D eigenvalue weighted by atomic mass is 16.5. The second-order valence-corrected chi connectivity index (χ2v) is 8.49. The van der Waals surface area contributed by atoms with Crippen molar-refractivity contribution in [2.75, 3.05) is 53.0 Å². The summed E-state index contributed by atoms with van der Waals surface area (Å²) in [7, 11) is 1.81. The average Bonchev–Trinajstić information content (AvgIpc) is 2.79. The maximum absolute atomic E-state index is 13.1. The summed E-state index contributed by atoms with van der Waals surface area (Å²) in [4.78, 5) is 43.5. The summed E-state index contributed by atoms with van der Waals surface area (Å²) in [6, 6.07) is 0. The minimum atomic E-state index is -0.353. The molecule has 3 rings (SSSR count). The van der Waals surface area contributed by atoms with Gasteiger partial charge < -0.3 is 19.4 Å². The molecule has 7 heteroatoms. The second kappa shape index (κ2) is 7.55. The van der Waals surface area contributed by atoms with Crippen LogP contribution in [0, 0.1) is 17.3 Å². The first-order chi connectivity index (χ1) is 12.3. The molecule has 3 aliphatic heterocycles. The molecule has 3 heterocycles. The smallest absolute Gasteiger partial charge is 0.225 e. The molecule has 7 nitrogen and oxygen atoms in total. The third-order valence-corrected chi connectivity index (χ3v) is 5.90. The number of likely N-dealkylation sites (tertiary alicyclic amines) is 1. The molecule has 0 N–H and O–H groups in total. The SMILES string of the molecule is CC(C)C(=O)N1CCN(C(=O)C2CCOCC2)CC2(CC(=O)N(C)C2)C1. The largest absolute Gasteiger partial charge is 0.381 e. The van der Waals surface area contributed by atoms with Gasteiger partial charge in [0.2, 0.25) is 17.7 Å². The van der Waals surface area contributed by atoms with Crippen LogP contribution in [0.4, 0.5) is 0 Å². The minimum absolute atomic E-state index is 0.00276. The van der Waals surface area contributed by atoms with Gasteiger partial charge in [-0.2, -0.15) is 0 Å². The Bertz CT molecular complexity index is 573. The molecule has 1 spiro atoms. The molecule has 26 heavy (non-hydrogen) atoms. The Kier molecular flexibility index (Phi) is 5.55. The van der Waals surface area contributed by atoms with E-state index in [0.29, 0.717) is 52.4 Å². The first kappa shape index (κ1) is 19.1. The van der Waals surface area contributed by atoms with Crippen LogP contribution in [0.15, 0.2) is 0 Å². The van der Waals surface area contributed by atoms with E-state index in [2.05, 4.69) is 0 Å². The maximum Gasteiger partial charge on any atom is 0.225 e. The van der Waals surface area contributed by atoms with Crippen LogP contribution in [0.5, 0.6) is 0 Å². The topological polar surface area (TPSA) is 70.2 Å². The highest BCUT2D eigenvalue weighted by Gasteiger charge is 2.47. The summed E-state index contributed by atoms with van der Waals surface area (Å²) in [6.07, 6.45) is 1.93. The Balaban J connectivity index is 1.81. The number of hydrogen-bond donors (Lipinski definition) is 0. The summed E-state index contributed by atoms with van der Waals surface area (Å²) in [6.45, 7) is 7.88. The van der Waals surface area contributed by atoms with Gasteiger partial charge in [0.05, 0.1) is 0 Å². The second-order valence-electron chi connectivity index (χ2n) is 8.49. The average molecular weight is 365 g/mol. The van der Waals surface area contributed by atoms with Gasteiger partial charge in [0, 0.05) is 76.7 Å². The third-order valence-electron chi connectivity index (χ3n) is 5.90. The Labute approximate surface area is 155 Å². The fourth-order valence-corrected chi connectivity index (χ4v) is 4.52. The van der Waals surface area contributed by atoms with Gasteiger partial charge in [0.1, 0.15) is 0 Å². The van der Waals surface area contributed by atoms with Crippen LogP contribution >= 0.6 is 0 Å². The van der Waals surface area contributed by atoms with Crippen molar-refractivity contribution < 1.29 is 19.1 Å². The molecule has 3 saturated heterocycles. The molecule has 0 radical (unpaired) electrons. The number of rotatable bonds is 2. The molecule has 0 aromatic carbocycles. The Morgan fingerprint density at radius 1 is 1.08 bits per heavy atom. The number of ether oxygens (including phenoxy) is 1. The Morgan fingerprint density at radius 3 is 2.27 bits per heavy atom. The zero-order valence-corrected chi connectivity index (χ0v) is 16.2. The Hall–Kier alpha value is -1.63. The lowest BCUT2D eigenvalue weighted by Crippen LogP contribution is -2.47. The van der Waals surface area contributed by atoms with Crippen molar-refractivity contribution in [3.8, 4) is 0 Å². The van der Waals surface area contributed by atoms with Gasteiger partial charge in [-0.05, 0) is 12.8 Å². The van der Waals surface area contributed by atoms with E-state index in [9.17, 15) is 14.4 Å². The molecule has 3 aliphatic rings. The zero-order chi connectivity index (χ0) is 18.9. The fraction of sp³-hybridized carbons (Fsp3) is 0.842. The lowest BCUT2D eigenvalue weighted by molar-refractivity contribution is -0.140. The van der Waals surface area contributed by atoms with Crippen molar-refractivity contribution in [3.05, 3.63) is 0 Å². The van der Waals surface area contributed by atoms with Crippen LogP contribution in [0.1, 0.15) is 33.1 Å². The van der Waals surface area contributed by atoms with E-state index in [4.69, 9.17) is 4.74 Å². The van der Waals surface area contributed by atoms with Gasteiger partial charge in [-0.25, -0.2) is 0 Å². The maximum atomic E-state index is 13.1. The first-order valence-corrected chi connectivity index (χ1v) is 9.71. The summed E-state index contributed by atoms with van der Waals surface area (Å²) >= 11 is 0. The quantitative estimate of drug-likeness (QED) is 0.718. The molecule has 0 saturated carbocycles. The van der Waals surface area contributed by atoms with Gasteiger partial charge in [-0.15, -0.1) is 0 Å². The third kappa shape index (κ3) is 3.87. The lowest BCUT2D eigenvalue weighted by atomic mass is 9.85. The van der Waals surface area contributed by atoms with Gasteiger partial charge in [0.25, 0.3) is 0 Å². The van der Waals surface area contributed by atoms with E-state index in [1.807, 2.05) is 23.6 Å². The zero-order valence-electron chi connectivity index (χ0n) is 16.2. The predicted octanol–water partition coefficient (Wildman–Crippen LogP) is 0.588. The van der Waals surface area contributed by atoms with Gasteiger partial charge in [-0.1, -0.05) is 13.8 Å². The molecule has 0 bridgehead atoms. The van der Waals surface area contributed by atoms with E-state index in [1.54, 1.807) is 11.9 Å². The molecule has 0 aromatic rings. The van der Waals surface area contributed by atoms with Crippen molar-refractivity contribution in [1.29, 1.82) is 0 Å². The van der Waals surface area contributed by atoms with E-state index < -0.39 is 0 Å². The lowest BCUT2D eigenvalue weighted by Gasteiger charge is -2.35. The standard InChI is InChI=1S/C19H31N3O4/c1-14(2)17(24)21-6-7-22(18(25)15-4-8-26-9-5-15)13-19(12-21)10-16(23)20(3)11-19/h14-15H,4-13H2,1-3H3. The highest BCUT2D eigenvalue weighted by Crippen LogP contribution is 2.35. The normalized spacial score (nSPS) is 28.2. The number of amides is 3. The van der Waals surface area contributed by atoms with Crippen LogP contribution < -0.4 is 0 Å². The van der Waals surface area contributed by atoms with Gasteiger partial charge in [-0.3, -0.25) is 14.4 Å². The molecule has 1 atom stereocenters. The van der Waals surface area contributed by atoms with Crippen molar-refractivity contribution in [2.24, 2.45) is 17.3 Å². The Morgan fingerprint density at radius 2 is 1.69 bits per heavy atom. The summed E-state index contributed by atoms with van der Waals surface area (Å²) in [5, 5.41) is 0. The van der Waals surface area contributed by atoms with E-state index in [-0.39, 0.29) is 35.0 Å². The van der Waals surface area contributed by atoms with E-state index in [1.165, 1.54) is 0 Å². The number of carbonyl (C=O) groups is 3. The number of hydrogen-bond acceptors (Lipinski definition) is 4.